The molecule has 3 rings (SSSR count). The molecule has 0 aliphatic carbocycles. The Morgan fingerprint density at radius 1 is 1.50 bits per heavy atom. The highest BCUT2D eigenvalue weighted by Crippen LogP contribution is 2.14. The quantitative estimate of drug-likeness (QED) is 0.728. The fourth-order valence-corrected chi connectivity index (χ4v) is 2.47. The number of nitrogens with zero attached hydrogens (tertiary/aromatic N) is 2. The van der Waals surface area contributed by atoms with Gasteiger partial charge in [-0.05, 0) is 12.1 Å². The lowest BCUT2D eigenvalue weighted by Gasteiger charge is -1.94. The first kappa shape index (κ1) is 11.2. The summed E-state index contributed by atoms with van der Waals surface area (Å²) < 4.78 is 7.22. The zero-order chi connectivity index (χ0) is 12.5. The molecule has 5 nitrogen and oxygen atoms in total. The van der Waals surface area contributed by atoms with Gasteiger partial charge in [-0.3, -0.25) is 9.20 Å². The van der Waals surface area contributed by atoms with Crippen molar-refractivity contribution in [1.82, 2.24) is 9.38 Å². The highest BCUT2D eigenvalue weighted by atomic mass is 32.1. The lowest BCUT2D eigenvalue weighted by atomic mass is 10.2. The van der Waals surface area contributed by atoms with Crippen molar-refractivity contribution in [2.45, 2.75) is 13.0 Å². The second-order valence-corrected chi connectivity index (χ2v) is 4.77. The number of imidazole rings is 1. The maximum atomic E-state index is 12.0. The molecule has 0 radical (unpaired) electrons. The Labute approximate surface area is 107 Å². The highest BCUT2D eigenvalue weighted by molar-refractivity contribution is 7.15. The minimum atomic E-state index is -0.0829. The molecular weight excluding hydrogens is 250 g/mol. The van der Waals surface area contributed by atoms with Crippen LogP contribution in [0.2, 0.25) is 0 Å². The first-order valence-electron chi connectivity index (χ1n) is 5.49. The largest absolute Gasteiger partial charge is 0.457 e. The molecule has 0 saturated heterocycles. The van der Waals surface area contributed by atoms with Crippen molar-refractivity contribution >= 4 is 22.1 Å². The van der Waals surface area contributed by atoms with Crippen molar-refractivity contribution in [3.8, 4) is 0 Å². The molecule has 0 aliphatic heterocycles. The van der Waals surface area contributed by atoms with Gasteiger partial charge < -0.3 is 10.2 Å². The van der Waals surface area contributed by atoms with E-state index in [0.717, 1.165) is 10.7 Å². The molecule has 3 heterocycles. The molecule has 0 fully saturated rings. The summed E-state index contributed by atoms with van der Waals surface area (Å²) in [5.41, 5.74) is 6.18. The van der Waals surface area contributed by atoms with Crippen LogP contribution in [-0.4, -0.2) is 15.2 Å². The lowest BCUT2D eigenvalue weighted by Crippen LogP contribution is -2.02. The van der Waals surface area contributed by atoms with Crippen LogP contribution in [0.15, 0.2) is 34.3 Å². The molecule has 2 N–H and O–H groups in total. The van der Waals surface area contributed by atoms with Crippen molar-refractivity contribution in [3.05, 3.63) is 47.1 Å². The van der Waals surface area contributed by atoms with Crippen LogP contribution in [0.25, 0.3) is 4.96 Å². The number of hydrogen-bond donors (Lipinski definition) is 1. The summed E-state index contributed by atoms with van der Waals surface area (Å²) in [6.07, 6.45) is 4.02. The van der Waals surface area contributed by atoms with E-state index in [4.69, 9.17) is 10.2 Å². The van der Waals surface area contributed by atoms with Gasteiger partial charge in [-0.2, -0.15) is 0 Å². The average Bonchev–Trinajstić information content (AvgIpc) is 3.02. The number of ketones is 1. The molecule has 0 unspecified atom stereocenters. The Kier molecular flexibility index (Phi) is 2.73. The minimum Gasteiger partial charge on any atom is -0.457 e. The van der Waals surface area contributed by atoms with E-state index in [0.29, 0.717) is 18.1 Å². The van der Waals surface area contributed by atoms with E-state index in [1.807, 2.05) is 22.2 Å². The number of furan rings is 1. The van der Waals surface area contributed by atoms with E-state index in [-0.39, 0.29) is 12.2 Å². The molecule has 0 amide bonds. The molecule has 92 valence electrons. The fraction of sp³-hybridized carbons (Fsp3) is 0.167. The molecule has 3 aromatic heterocycles. The molecule has 6 heteroatoms. The smallest absolute Gasteiger partial charge is 0.203 e. The van der Waals surface area contributed by atoms with Gasteiger partial charge in [-0.15, -0.1) is 11.3 Å². The highest BCUT2D eigenvalue weighted by Gasteiger charge is 2.14. The second-order valence-electron chi connectivity index (χ2n) is 3.90. The van der Waals surface area contributed by atoms with Gasteiger partial charge >= 0.3 is 0 Å². The maximum absolute atomic E-state index is 12.0. The Morgan fingerprint density at radius 2 is 2.39 bits per heavy atom. The van der Waals surface area contributed by atoms with Crippen LogP contribution >= 0.6 is 11.3 Å². The topological polar surface area (TPSA) is 73.5 Å². The molecule has 0 aromatic carbocycles. The standard InChI is InChI=1S/C12H11N3O2S/c13-6-9-1-2-11(17-9)10(16)5-8-7-15-3-4-18-12(15)14-8/h1-4,7H,5-6,13H2. The third kappa shape index (κ3) is 1.96. The number of fused-ring (bicyclic) bond motifs is 1. The first-order chi connectivity index (χ1) is 8.76. The third-order valence-corrected chi connectivity index (χ3v) is 3.39. The molecule has 18 heavy (non-hydrogen) atoms. The fourth-order valence-electron chi connectivity index (χ4n) is 1.75. The van der Waals surface area contributed by atoms with Gasteiger partial charge in [0.15, 0.2) is 10.7 Å². The van der Waals surface area contributed by atoms with Crippen molar-refractivity contribution < 1.29 is 9.21 Å². The minimum absolute atomic E-state index is 0.0829. The van der Waals surface area contributed by atoms with Gasteiger partial charge in [-0.25, -0.2) is 4.98 Å². The number of nitrogens with two attached hydrogens (primary N) is 1. The number of carbonyl (C=O) groups excluding carboxylic acids is 1. The van der Waals surface area contributed by atoms with Gasteiger partial charge in [0.25, 0.3) is 0 Å². The van der Waals surface area contributed by atoms with Gasteiger partial charge in [-0.1, -0.05) is 0 Å². The Morgan fingerprint density at radius 3 is 3.11 bits per heavy atom. The van der Waals surface area contributed by atoms with Crippen LogP contribution < -0.4 is 5.73 Å². The summed E-state index contributed by atoms with van der Waals surface area (Å²) in [4.78, 5) is 17.2. The predicted molar refractivity (Wildman–Crippen MR) is 67.7 cm³/mol. The van der Waals surface area contributed by atoms with Gasteiger partial charge in [0, 0.05) is 17.8 Å². The van der Waals surface area contributed by atoms with E-state index in [1.54, 1.807) is 12.1 Å². The van der Waals surface area contributed by atoms with E-state index in [1.165, 1.54) is 11.3 Å². The number of carbonyl (C=O) groups is 1. The zero-order valence-electron chi connectivity index (χ0n) is 9.50. The summed E-state index contributed by atoms with van der Waals surface area (Å²) in [7, 11) is 0. The summed E-state index contributed by atoms with van der Waals surface area (Å²) in [5, 5.41) is 1.95. The van der Waals surface area contributed by atoms with Crippen molar-refractivity contribution in [2.24, 2.45) is 5.73 Å². The average molecular weight is 261 g/mol. The second kappa shape index (κ2) is 4.40. The number of thiazole rings is 1. The molecule has 0 aliphatic rings. The molecular formula is C12H11N3O2S. The van der Waals surface area contributed by atoms with Gasteiger partial charge in [0.2, 0.25) is 5.78 Å². The predicted octanol–water partition coefficient (Wildman–Crippen LogP) is 1.87. The van der Waals surface area contributed by atoms with Crippen LogP contribution in [-0.2, 0) is 13.0 Å². The summed E-state index contributed by atoms with van der Waals surface area (Å²) in [6, 6.07) is 3.38. The third-order valence-electron chi connectivity index (χ3n) is 2.62. The monoisotopic (exact) mass is 261 g/mol. The summed E-state index contributed by atoms with van der Waals surface area (Å²) >= 11 is 1.54. The summed E-state index contributed by atoms with van der Waals surface area (Å²) in [5.74, 6) is 0.872. The van der Waals surface area contributed by atoms with Crippen LogP contribution in [0.1, 0.15) is 22.0 Å². The van der Waals surface area contributed by atoms with Crippen molar-refractivity contribution in [2.75, 3.05) is 0 Å². The number of Topliss-reactive ketones (excluding diaryl/α,β-unsaturated/α-hetero) is 1. The Balaban J connectivity index is 1.79. The van der Waals surface area contributed by atoms with E-state index >= 15 is 0 Å². The van der Waals surface area contributed by atoms with E-state index in [9.17, 15) is 4.79 Å². The molecule has 0 atom stereocenters. The van der Waals surface area contributed by atoms with Crippen LogP contribution in [0.4, 0.5) is 0 Å². The first-order valence-corrected chi connectivity index (χ1v) is 6.37. The van der Waals surface area contributed by atoms with Crippen molar-refractivity contribution in [1.29, 1.82) is 0 Å². The van der Waals surface area contributed by atoms with Crippen molar-refractivity contribution in [3.63, 3.8) is 0 Å². The lowest BCUT2D eigenvalue weighted by molar-refractivity contribution is 0.0964. The molecule has 0 saturated carbocycles. The molecule has 0 spiro atoms. The van der Waals surface area contributed by atoms with Crippen LogP contribution in [0, 0.1) is 0 Å². The zero-order valence-corrected chi connectivity index (χ0v) is 10.3. The van der Waals surface area contributed by atoms with E-state index in [2.05, 4.69) is 4.98 Å². The SMILES string of the molecule is NCc1ccc(C(=O)Cc2cn3ccsc3n2)o1. The van der Waals surface area contributed by atoms with Gasteiger partial charge in [0.1, 0.15) is 5.76 Å². The number of rotatable bonds is 4. The molecule has 0 bridgehead atoms. The Hall–Kier alpha value is -1.92. The number of aromatic nitrogens is 2. The van der Waals surface area contributed by atoms with E-state index < -0.39 is 0 Å². The normalized spacial score (nSPS) is 11.2. The summed E-state index contributed by atoms with van der Waals surface area (Å²) in [6.45, 7) is 0.299. The van der Waals surface area contributed by atoms with Crippen LogP contribution in [0.3, 0.4) is 0 Å². The van der Waals surface area contributed by atoms with Crippen LogP contribution in [0.5, 0.6) is 0 Å². The number of hydrogen-bond acceptors (Lipinski definition) is 5. The Bertz CT molecular complexity index is 666. The maximum Gasteiger partial charge on any atom is 0.203 e. The molecule has 3 aromatic rings. The van der Waals surface area contributed by atoms with Gasteiger partial charge in [0.05, 0.1) is 18.7 Å².